The summed E-state index contributed by atoms with van der Waals surface area (Å²) < 4.78 is 57.0. The maximum Gasteiger partial charge on any atom is 0.265 e. The van der Waals surface area contributed by atoms with Crippen molar-refractivity contribution in [3.05, 3.63) is 48.3 Å². The lowest BCUT2D eigenvalue weighted by Crippen LogP contribution is -2.14. The van der Waals surface area contributed by atoms with E-state index in [1.807, 2.05) is 0 Å². The Kier molecular flexibility index (Phi) is 4.82. The summed E-state index contributed by atoms with van der Waals surface area (Å²) in [4.78, 5) is -0.0405. The maximum atomic E-state index is 13.8. The number of nitrogens with one attached hydrogen (secondary N) is 1. The van der Waals surface area contributed by atoms with E-state index in [2.05, 4.69) is 4.72 Å². The van der Waals surface area contributed by atoms with Gasteiger partial charge in [0.05, 0.1) is 28.5 Å². The van der Waals surface area contributed by atoms with E-state index >= 15 is 0 Å². The van der Waals surface area contributed by atoms with E-state index in [9.17, 15) is 17.0 Å². The number of sulfonamides is 1. The van der Waals surface area contributed by atoms with Crippen LogP contribution in [0.15, 0.2) is 52.3 Å². The van der Waals surface area contributed by atoms with Crippen LogP contribution < -0.4 is 9.46 Å². The molecule has 2 rings (SSSR count). The second-order valence-electron chi connectivity index (χ2n) is 4.36. The molecule has 0 saturated carbocycles. The molecule has 0 fully saturated rings. The Morgan fingerprint density at radius 1 is 1.18 bits per heavy atom. The van der Waals surface area contributed by atoms with Gasteiger partial charge in [0.2, 0.25) is 0 Å². The van der Waals surface area contributed by atoms with E-state index in [0.29, 0.717) is 0 Å². The molecular formula is C14H14FNO4S2. The van der Waals surface area contributed by atoms with Crippen molar-refractivity contribution in [2.45, 2.75) is 9.79 Å². The van der Waals surface area contributed by atoms with E-state index < -0.39 is 26.6 Å². The fraction of sp³-hybridized carbons (Fsp3) is 0.143. The van der Waals surface area contributed by atoms with Crippen LogP contribution in [0.3, 0.4) is 0 Å². The minimum absolute atomic E-state index is 0.0141. The zero-order valence-corrected chi connectivity index (χ0v) is 13.5. The summed E-state index contributed by atoms with van der Waals surface area (Å²) in [6, 6.07) is 9.72. The van der Waals surface area contributed by atoms with Gasteiger partial charge in [-0.05, 0) is 30.3 Å². The first-order chi connectivity index (χ1) is 10.3. The smallest absolute Gasteiger partial charge is 0.265 e. The molecule has 0 aliphatic heterocycles. The predicted octanol–water partition coefficient (Wildman–Crippen LogP) is 2.37. The average molecular weight is 343 g/mol. The van der Waals surface area contributed by atoms with E-state index in [-0.39, 0.29) is 21.2 Å². The minimum Gasteiger partial charge on any atom is -0.495 e. The van der Waals surface area contributed by atoms with Crippen LogP contribution in [-0.2, 0) is 20.8 Å². The van der Waals surface area contributed by atoms with Crippen molar-refractivity contribution in [1.82, 2.24) is 0 Å². The summed E-state index contributed by atoms with van der Waals surface area (Å²) in [5.41, 5.74) is 0.0395. The number of hydrogen-bond donors (Lipinski definition) is 1. The van der Waals surface area contributed by atoms with Gasteiger partial charge in [0.1, 0.15) is 16.5 Å². The van der Waals surface area contributed by atoms with Crippen LogP contribution >= 0.6 is 0 Å². The number of anilines is 1. The van der Waals surface area contributed by atoms with Gasteiger partial charge in [-0.25, -0.2) is 12.8 Å². The van der Waals surface area contributed by atoms with Crippen molar-refractivity contribution in [2.24, 2.45) is 0 Å². The first-order valence-electron chi connectivity index (χ1n) is 6.14. The topological polar surface area (TPSA) is 72.5 Å². The van der Waals surface area contributed by atoms with E-state index in [1.54, 1.807) is 12.1 Å². The molecule has 2 aromatic carbocycles. The molecule has 0 unspecified atom stereocenters. The standard InChI is InChI=1S/C14H14FNO4S2/c1-20-12-5-3-4-6-14(12)22(18,19)16-10-7-8-13(21(2)17)11(15)9-10/h3-9,16H,1-2H3/t21-/m0/s1. The normalized spacial score (nSPS) is 12.7. The third-order valence-corrected chi connectivity index (χ3v) is 5.22. The number of hydrogen-bond acceptors (Lipinski definition) is 4. The fourth-order valence-corrected chi connectivity index (χ4v) is 3.66. The highest BCUT2D eigenvalue weighted by Gasteiger charge is 2.19. The summed E-state index contributed by atoms with van der Waals surface area (Å²) in [6.45, 7) is 0. The Labute approximate surface area is 130 Å². The molecule has 0 aliphatic carbocycles. The number of ether oxygens (including phenoxy) is 1. The van der Waals surface area contributed by atoms with E-state index in [4.69, 9.17) is 4.74 Å². The van der Waals surface area contributed by atoms with Gasteiger partial charge >= 0.3 is 0 Å². The predicted molar refractivity (Wildman–Crippen MR) is 82.5 cm³/mol. The molecule has 8 heteroatoms. The van der Waals surface area contributed by atoms with Crippen molar-refractivity contribution in [2.75, 3.05) is 18.1 Å². The average Bonchev–Trinajstić information content (AvgIpc) is 2.46. The Morgan fingerprint density at radius 3 is 2.45 bits per heavy atom. The number of rotatable bonds is 5. The summed E-state index contributed by atoms with van der Waals surface area (Å²) in [5.74, 6) is -0.553. The molecule has 0 spiro atoms. The lowest BCUT2D eigenvalue weighted by atomic mass is 10.3. The summed E-state index contributed by atoms with van der Waals surface area (Å²) in [6.07, 6.45) is 1.34. The zero-order chi connectivity index (χ0) is 16.3. The molecule has 118 valence electrons. The van der Waals surface area contributed by atoms with Gasteiger partial charge in [-0.3, -0.25) is 8.93 Å². The molecule has 0 aliphatic rings. The largest absolute Gasteiger partial charge is 0.495 e. The van der Waals surface area contributed by atoms with Gasteiger partial charge in [-0.15, -0.1) is 0 Å². The summed E-state index contributed by atoms with van der Waals surface area (Å²) in [5, 5.41) is 0. The van der Waals surface area contributed by atoms with Gasteiger partial charge in [0, 0.05) is 6.26 Å². The monoisotopic (exact) mass is 343 g/mol. The van der Waals surface area contributed by atoms with Gasteiger partial charge in [-0.2, -0.15) is 0 Å². The molecular weight excluding hydrogens is 329 g/mol. The summed E-state index contributed by atoms with van der Waals surface area (Å²) >= 11 is 0. The van der Waals surface area contributed by atoms with Crippen LogP contribution in [0.4, 0.5) is 10.1 Å². The molecule has 22 heavy (non-hydrogen) atoms. The Balaban J connectivity index is 2.37. The number of halogens is 1. The summed E-state index contributed by atoms with van der Waals surface area (Å²) in [7, 11) is -4.05. The SMILES string of the molecule is COc1ccccc1S(=O)(=O)Nc1ccc([S@](C)=O)c(F)c1. The Hall–Kier alpha value is -1.93. The Bertz CT molecular complexity index is 821. The van der Waals surface area contributed by atoms with Gasteiger partial charge in [0.25, 0.3) is 10.0 Å². The first kappa shape index (κ1) is 16.4. The minimum atomic E-state index is -3.92. The molecule has 0 saturated heterocycles. The van der Waals surface area contributed by atoms with Crippen LogP contribution in [0.1, 0.15) is 0 Å². The third-order valence-electron chi connectivity index (χ3n) is 2.85. The van der Waals surface area contributed by atoms with Crippen LogP contribution in [-0.4, -0.2) is 26.0 Å². The lowest BCUT2D eigenvalue weighted by Gasteiger charge is -2.12. The van der Waals surface area contributed by atoms with Crippen LogP contribution in [0.25, 0.3) is 0 Å². The van der Waals surface area contributed by atoms with Gasteiger partial charge < -0.3 is 4.74 Å². The molecule has 0 amide bonds. The lowest BCUT2D eigenvalue weighted by molar-refractivity contribution is 0.403. The maximum absolute atomic E-state index is 13.8. The molecule has 0 aromatic heterocycles. The Morgan fingerprint density at radius 2 is 1.86 bits per heavy atom. The molecule has 0 radical (unpaired) electrons. The van der Waals surface area contributed by atoms with Crippen molar-refractivity contribution in [3.63, 3.8) is 0 Å². The van der Waals surface area contributed by atoms with E-state index in [1.165, 1.54) is 37.6 Å². The van der Waals surface area contributed by atoms with Crippen molar-refractivity contribution in [3.8, 4) is 5.75 Å². The highest BCUT2D eigenvalue weighted by atomic mass is 32.2. The third kappa shape index (κ3) is 3.45. The van der Waals surface area contributed by atoms with Gasteiger partial charge in [-0.1, -0.05) is 12.1 Å². The molecule has 0 heterocycles. The molecule has 1 N–H and O–H groups in total. The first-order valence-corrected chi connectivity index (χ1v) is 9.18. The highest BCUT2D eigenvalue weighted by molar-refractivity contribution is 7.92. The number of para-hydroxylation sites is 1. The number of methoxy groups -OCH3 is 1. The van der Waals surface area contributed by atoms with Crippen molar-refractivity contribution < 1.29 is 21.8 Å². The van der Waals surface area contributed by atoms with Gasteiger partial charge in [0.15, 0.2) is 0 Å². The quantitative estimate of drug-likeness (QED) is 0.905. The second kappa shape index (κ2) is 6.45. The number of benzene rings is 2. The molecule has 0 bridgehead atoms. The second-order valence-corrected chi connectivity index (χ2v) is 7.35. The molecule has 2 aromatic rings. The van der Waals surface area contributed by atoms with Crippen LogP contribution in [0, 0.1) is 5.82 Å². The van der Waals surface area contributed by atoms with Crippen molar-refractivity contribution in [1.29, 1.82) is 0 Å². The van der Waals surface area contributed by atoms with Crippen LogP contribution in [0.2, 0.25) is 0 Å². The fourth-order valence-electron chi connectivity index (χ4n) is 1.85. The van der Waals surface area contributed by atoms with E-state index in [0.717, 1.165) is 6.07 Å². The molecule has 1 atom stereocenters. The van der Waals surface area contributed by atoms with Crippen LogP contribution in [0.5, 0.6) is 5.75 Å². The zero-order valence-electron chi connectivity index (χ0n) is 11.9. The molecule has 5 nitrogen and oxygen atoms in total. The highest BCUT2D eigenvalue weighted by Crippen LogP contribution is 2.26. The van der Waals surface area contributed by atoms with Crippen molar-refractivity contribution >= 4 is 26.5 Å².